The van der Waals surface area contributed by atoms with Gasteiger partial charge >= 0.3 is 6.18 Å². The number of rotatable bonds is 3. The van der Waals surface area contributed by atoms with Crippen LogP contribution in [0, 0.1) is 34.5 Å². The number of nitriles is 2. The number of benzene rings is 1. The second kappa shape index (κ2) is 6.09. The molecule has 0 spiro atoms. The fourth-order valence-corrected chi connectivity index (χ4v) is 2.56. The number of carbonyl (C=O) groups is 1. The summed E-state index contributed by atoms with van der Waals surface area (Å²) < 4.78 is 37.9. The molecule has 0 aliphatic carbocycles. The molecule has 2 rings (SSSR count). The minimum atomic E-state index is -4.49. The van der Waals surface area contributed by atoms with Crippen LogP contribution in [-0.4, -0.2) is 11.6 Å². The van der Waals surface area contributed by atoms with Crippen LogP contribution in [-0.2, 0) is 11.0 Å². The number of hydrazone groups is 1. The summed E-state index contributed by atoms with van der Waals surface area (Å²) in [6.07, 6.45) is -4.49. The molecule has 0 unspecified atom stereocenters. The zero-order valence-electron chi connectivity index (χ0n) is 11.9. The Kier molecular flexibility index (Phi) is 4.37. The third-order valence-corrected chi connectivity index (χ3v) is 3.69. The Morgan fingerprint density at radius 3 is 2.17 bits per heavy atom. The third-order valence-electron chi connectivity index (χ3n) is 3.69. The summed E-state index contributed by atoms with van der Waals surface area (Å²) in [7, 11) is 0. The molecule has 1 amide bonds. The molecule has 1 heterocycles. The van der Waals surface area contributed by atoms with Crippen molar-refractivity contribution in [2.75, 3.05) is 0 Å². The predicted molar refractivity (Wildman–Crippen MR) is 73.6 cm³/mol. The van der Waals surface area contributed by atoms with Gasteiger partial charge in [0.15, 0.2) is 0 Å². The molecule has 118 valence electrons. The van der Waals surface area contributed by atoms with Crippen LogP contribution in [0.15, 0.2) is 29.4 Å². The van der Waals surface area contributed by atoms with Gasteiger partial charge in [0.25, 0.3) is 0 Å². The van der Waals surface area contributed by atoms with E-state index in [4.69, 9.17) is 10.5 Å². The molecule has 1 aromatic rings. The van der Waals surface area contributed by atoms with E-state index in [9.17, 15) is 18.0 Å². The largest absolute Gasteiger partial charge is 0.416 e. The monoisotopic (exact) mass is 320 g/mol. The van der Waals surface area contributed by atoms with Gasteiger partial charge in [-0.1, -0.05) is 12.1 Å². The smallest absolute Gasteiger partial charge is 0.272 e. The van der Waals surface area contributed by atoms with Crippen LogP contribution in [0.1, 0.15) is 24.0 Å². The molecule has 0 fully saturated rings. The van der Waals surface area contributed by atoms with Gasteiger partial charge in [0, 0.05) is 11.6 Å². The second-order valence-electron chi connectivity index (χ2n) is 5.09. The molecule has 0 bridgehead atoms. The molecule has 1 aliphatic rings. The minimum absolute atomic E-state index is 0.308. The highest BCUT2D eigenvalue weighted by Crippen LogP contribution is 2.36. The lowest BCUT2D eigenvalue weighted by Crippen LogP contribution is -2.32. The van der Waals surface area contributed by atoms with Gasteiger partial charge in [-0.15, -0.1) is 0 Å². The number of halogens is 3. The van der Waals surface area contributed by atoms with E-state index in [1.807, 2.05) is 0 Å². The van der Waals surface area contributed by atoms with Crippen molar-refractivity contribution in [3.63, 3.8) is 0 Å². The van der Waals surface area contributed by atoms with Crippen molar-refractivity contribution in [1.29, 1.82) is 10.5 Å². The number of hydrogen-bond donors (Lipinski definition) is 1. The highest BCUT2D eigenvalue weighted by Gasteiger charge is 2.41. The van der Waals surface area contributed by atoms with Gasteiger partial charge in [0.2, 0.25) is 5.91 Å². The van der Waals surface area contributed by atoms with Crippen LogP contribution >= 0.6 is 0 Å². The third kappa shape index (κ3) is 3.16. The van der Waals surface area contributed by atoms with E-state index in [0.29, 0.717) is 11.3 Å². The normalized spacial score (nSPS) is 18.8. The molecule has 1 aliphatic heterocycles. The number of alkyl halides is 3. The maximum atomic E-state index is 12.6. The number of nitrogens with one attached hydrogen (secondary N) is 1. The van der Waals surface area contributed by atoms with Crippen molar-refractivity contribution in [3.8, 4) is 12.1 Å². The fourth-order valence-electron chi connectivity index (χ4n) is 2.56. The SMILES string of the molecule is CC1=NNC(=O)[C@H]1[C@@H](c1ccc(C(F)(F)F)cc1)C(C#N)C#N. The molecule has 2 atom stereocenters. The van der Waals surface area contributed by atoms with Crippen LogP contribution in [0.2, 0.25) is 0 Å². The molecule has 5 nitrogen and oxygen atoms in total. The summed E-state index contributed by atoms with van der Waals surface area (Å²) in [5.41, 5.74) is 2.11. The van der Waals surface area contributed by atoms with Crippen molar-refractivity contribution in [1.82, 2.24) is 5.43 Å². The lowest BCUT2D eigenvalue weighted by atomic mass is 9.75. The van der Waals surface area contributed by atoms with Crippen molar-refractivity contribution in [2.45, 2.75) is 19.0 Å². The molecule has 8 heteroatoms. The maximum Gasteiger partial charge on any atom is 0.416 e. The Bertz CT molecular complexity index is 711. The number of carbonyl (C=O) groups excluding carboxylic acids is 1. The fraction of sp³-hybridized carbons (Fsp3) is 0.333. The molecule has 0 radical (unpaired) electrons. The minimum Gasteiger partial charge on any atom is -0.272 e. The van der Waals surface area contributed by atoms with Gasteiger partial charge in [-0.05, 0) is 24.6 Å². The van der Waals surface area contributed by atoms with E-state index in [-0.39, 0.29) is 0 Å². The van der Waals surface area contributed by atoms with Crippen LogP contribution in [0.5, 0.6) is 0 Å². The lowest BCUT2D eigenvalue weighted by molar-refractivity contribution is -0.137. The van der Waals surface area contributed by atoms with Gasteiger partial charge in [-0.25, -0.2) is 5.43 Å². The summed E-state index contributed by atoms with van der Waals surface area (Å²) in [5.74, 6) is -3.43. The van der Waals surface area contributed by atoms with Crippen LogP contribution in [0.4, 0.5) is 13.2 Å². The summed E-state index contributed by atoms with van der Waals surface area (Å²) in [6, 6.07) is 7.70. The van der Waals surface area contributed by atoms with Crippen molar-refractivity contribution >= 4 is 11.6 Å². The van der Waals surface area contributed by atoms with Crippen molar-refractivity contribution in [3.05, 3.63) is 35.4 Å². The van der Waals surface area contributed by atoms with Crippen molar-refractivity contribution < 1.29 is 18.0 Å². The first kappa shape index (κ1) is 16.5. The average molecular weight is 320 g/mol. The van der Waals surface area contributed by atoms with Gasteiger partial charge < -0.3 is 0 Å². The van der Waals surface area contributed by atoms with Gasteiger partial charge in [0.05, 0.1) is 23.6 Å². The van der Waals surface area contributed by atoms with Crippen LogP contribution < -0.4 is 5.43 Å². The second-order valence-corrected chi connectivity index (χ2v) is 5.09. The Labute approximate surface area is 130 Å². The van der Waals surface area contributed by atoms with Gasteiger partial charge in [-0.3, -0.25) is 4.79 Å². The van der Waals surface area contributed by atoms with E-state index in [1.54, 1.807) is 19.1 Å². The topological polar surface area (TPSA) is 89.0 Å². The number of nitrogens with zero attached hydrogens (tertiary/aromatic N) is 3. The van der Waals surface area contributed by atoms with E-state index < -0.39 is 35.4 Å². The molecular weight excluding hydrogens is 309 g/mol. The Morgan fingerprint density at radius 2 is 1.78 bits per heavy atom. The Balaban J connectivity index is 2.47. The molecule has 0 saturated heterocycles. The molecule has 0 aromatic heterocycles. The summed E-state index contributed by atoms with van der Waals surface area (Å²) in [4.78, 5) is 11.9. The summed E-state index contributed by atoms with van der Waals surface area (Å²) in [6.45, 7) is 1.56. The lowest BCUT2D eigenvalue weighted by Gasteiger charge is -2.23. The summed E-state index contributed by atoms with van der Waals surface area (Å²) in [5, 5.41) is 22.1. The maximum absolute atomic E-state index is 12.6. The molecule has 1 aromatic carbocycles. The zero-order chi connectivity index (χ0) is 17.2. The van der Waals surface area contributed by atoms with Gasteiger partial charge in [-0.2, -0.15) is 28.8 Å². The highest BCUT2D eigenvalue weighted by atomic mass is 19.4. The van der Waals surface area contributed by atoms with E-state index >= 15 is 0 Å². The molecule has 1 N–H and O–H groups in total. The highest BCUT2D eigenvalue weighted by molar-refractivity contribution is 6.07. The standard InChI is InChI=1S/C15H11F3N4O/c1-8-12(14(23)22-21-8)13(10(6-19)7-20)9-2-4-11(5-3-9)15(16,17)18/h2-5,10,12-13H,1H3,(H,22,23)/t12-,13+/m1/s1. The predicted octanol–water partition coefficient (Wildman–Crippen LogP) is 2.57. The molecular formula is C15H11F3N4O. The number of hydrogen-bond acceptors (Lipinski definition) is 4. The van der Waals surface area contributed by atoms with E-state index in [0.717, 1.165) is 12.1 Å². The number of amides is 1. The average Bonchev–Trinajstić information content (AvgIpc) is 2.83. The Morgan fingerprint density at radius 1 is 1.22 bits per heavy atom. The van der Waals surface area contributed by atoms with Gasteiger partial charge in [0.1, 0.15) is 5.92 Å². The molecule has 0 saturated carbocycles. The molecule has 23 heavy (non-hydrogen) atoms. The quantitative estimate of drug-likeness (QED) is 0.928. The first-order valence-electron chi connectivity index (χ1n) is 6.60. The summed E-state index contributed by atoms with van der Waals surface area (Å²) >= 11 is 0. The first-order chi connectivity index (χ1) is 10.8. The van der Waals surface area contributed by atoms with Crippen LogP contribution in [0.25, 0.3) is 0 Å². The van der Waals surface area contributed by atoms with Crippen LogP contribution in [0.3, 0.4) is 0 Å². The van der Waals surface area contributed by atoms with Crippen molar-refractivity contribution in [2.24, 2.45) is 16.9 Å². The zero-order valence-corrected chi connectivity index (χ0v) is 11.9. The van der Waals surface area contributed by atoms with E-state index in [1.165, 1.54) is 12.1 Å². The first-order valence-corrected chi connectivity index (χ1v) is 6.60. The van der Waals surface area contributed by atoms with E-state index in [2.05, 4.69) is 10.5 Å². The Hall–Kier alpha value is -2.87.